The minimum Gasteiger partial charge on any atom is -0.205 e. The van der Waals surface area contributed by atoms with Gasteiger partial charge in [0.15, 0.2) is 0 Å². The van der Waals surface area contributed by atoms with Crippen molar-refractivity contribution >= 4 is 10.0 Å². The van der Waals surface area contributed by atoms with E-state index in [-0.39, 0.29) is 16.0 Å². The van der Waals surface area contributed by atoms with Crippen molar-refractivity contribution in [1.82, 2.24) is 4.53 Å². The molecule has 0 unspecified atom stereocenters. The molecule has 3 nitrogen and oxygen atoms in total. The highest BCUT2D eigenvalue weighted by molar-refractivity contribution is 7.89. The highest BCUT2D eigenvalue weighted by Gasteiger charge is 2.22. The lowest BCUT2D eigenvalue weighted by Gasteiger charge is -2.08. The summed E-state index contributed by atoms with van der Waals surface area (Å²) >= 11 is 0. The number of benzene rings is 1. The van der Waals surface area contributed by atoms with E-state index in [0.29, 0.717) is 0 Å². The predicted molar refractivity (Wildman–Crippen MR) is 46.0 cm³/mol. The molecule has 0 saturated carbocycles. The maximum atomic E-state index is 12.8. The molecule has 0 aliphatic heterocycles. The number of hydrogen-bond acceptors (Lipinski definition) is 2. The lowest BCUT2D eigenvalue weighted by molar-refractivity contribution is 0.147. The van der Waals surface area contributed by atoms with Crippen LogP contribution >= 0.6 is 0 Å². The van der Waals surface area contributed by atoms with E-state index < -0.39 is 10.0 Å². The van der Waals surface area contributed by atoms with Gasteiger partial charge in [0, 0.05) is 12.6 Å². The van der Waals surface area contributed by atoms with Crippen LogP contribution in [0.3, 0.4) is 0 Å². The van der Waals surface area contributed by atoms with Gasteiger partial charge < -0.3 is 0 Å². The third-order valence-electron chi connectivity index (χ3n) is 1.47. The first-order valence-electron chi connectivity index (χ1n) is 3.74. The SMILES string of the molecule is CCN(F)S(=O)(=O)c1[c]cccc1. The fraction of sp³-hybridized carbons (Fsp3) is 0.250. The molecule has 0 heterocycles. The molecule has 5 heteroatoms. The molecular formula is C8H9FNO2S. The summed E-state index contributed by atoms with van der Waals surface area (Å²) in [4.78, 5) is -0.153. The van der Waals surface area contributed by atoms with Crippen molar-refractivity contribution in [3.63, 3.8) is 0 Å². The number of halogens is 1. The zero-order valence-corrected chi connectivity index (χ0v) is 7.88. The molecule has 0 amide bonds. The molecule has 0 saturated heterocycles. The van der Waals surface area contributed by atoms with Crippen molar-refractivity contribution in [2.75, 3.05) is 6.54 Å². The van der Waals surface area contributed by atoms with E-state index in [1.54, 1.807) is 6.07 Å². The standard InChI is InChI=1S/C8H9FNO2S/c1-2-10(9)13(11,12)8-6-4-3-5-7-8/h3-6H,2H2,1H3. The van der Waals surface area contributed by atoms with Gasteiger partial charge in [0.2, 0.25) is 0 Å². The Morgan fingerprint density at radius 1 is 1.54 bits per heavy atom. The monoisotopic (exact) mass is 202 g/mol. The number of rotatable bonds is 3. The zero-order valence-electron chi connectivity index (χ0n) is 7.07. The van der Waals surface area contributed by atoms with Crippen molar-refractivity contribution in [1.29, 1.82) is 0 Å². The van der Waals surface area contributed by atoms with Gasteiger partial charge in [-0.15, -0.1) is 4.48 Å². The van der Waals surface area contributed by atoms with Gasteiger partial charge in [-0.05, 0) is 17.5 Å². The Labute approximate surface area is 76.8 Å². The van der Waals surface area contributed by atoms with E-state index in [1.807, 2.05) is 0 Å². The summed E-state index contributed by atoms with van der Waals surface area (Å²) in [7, 11) is -3.98. The maximum absolute atomic E-state index is 12.8. The van der Waals surface area contributed by atoms with Gasteiger partial charge in [0.25, 0.3) is 10.0 Å². The smallest absolute Gasteiger partial charge is 0.205 e. The molecule has 0 aliphatic rings. The maximum Gasteiger partial charge on any atom is 0.269 e. The van der Waals surface area contributed by atoms with E-state index in [9.17, 15) is 12.9 Å². The second-order valence-electron chi connectivity index (χ2n) is 2.34. The fourth-order valence-electron chi connectivity index (χ4n) is 0.814. The summed E-state index contributed by atoms with van der Waals surface area (Å²) < 4.78 is 35.2. The fourth-order valence-corrected chi connectivity index (χ4v) is 1.83. The minimum absolute atomic E-state index is 0.153. The topological polar surface area (TPSA) is 37.4 Å². The van der Waals surface area contributed by atoms with E-state index >= 15 is 0 Å². The van der Waals surface area contributed by atoms with E-state index in [0.717, 1.165) is 0 Å². The second-order valence-corrected chi connectivity index (χ2v) is 4.12. The van der Waals surface area contributed by atoms with Gasteiger partial charge in [0.05, 0.1) is 4.90 Å². The highest BCUT2D eigenvalue weighted by atomic mass is 32.2. The number of nitrogens with zero attached hydrogens (tertiary/aromatic N) is 1. The summed E-state index contributed by atoms with van der Waals surface area (Å²) in [5.74, 6) is 0. The molecule has 0 bridgehead atoms. The Kier molecular flexibility index (Phi) is 3.00. The number of sulfonamides is 1. The molecule has 0 atom stereocenters. The molecule has 71 valence electrons. The van der Waals surface area contributed by atoms with Crippen molar-refractivity contribution in [2.45, 2.75) is 11.8 Å². The van der Waals surface area contributed by atoms with Gasteiger partial charge in [-0.3, -0.25) is 0 Å². The molecular weight excluding hydrogens is 193 g/mol. The Bertz CT molecular complexity index is 363. The van der Waals surface area contributed by atoms with Crippen LogP contribution in [0.2, 0.25) is 0 Å². The molecule has 0 spiro atoms. The second kappa shape index (κ2) is 3.85. The minimum atomic E-state index is -3.98. The highest BCUT2D eigenvalue weighted by Crippen LogP contribution is 2.13. The van der Waals surface area contributed by atoms with Gasteiger partial charge in [-0.25, -0.2) is 8.42 Å². The molecule has 1 radical (unpaired) electrons. The van der Waals surface area contributed by atoms with Gasteiger partial charge in [0.1, 0.15) is 0 Å². The first kappa shape index (κ1) is 10.1. The van der Waals surface area contributed by atoms with E-state index in [2.05, 4.69) is 6.07 Å². The van der Waals surface area contributed by atoms with Crippen molar-refractivity contribution in [3.8, 4) is 0 Å². The normalized spacial score (nSPS) is 11.9. The number of hydrogen-bond donors (Lipinski definition) is 0. The van der Waals surface area contributed by atoms with Crippen LogP contribution in [0.15, 0.2) is 29.2 Å². The molecule has 0 N–H and O–H groups in total. The predicted octanol–water partition coefficient (Wildman–Crippen LogP) is 1.38. The van der Waals surface area contributed by atoms with Crippen LogP contribution < -0.4 is 0 Å². The average Bonchev–Trinajstić information content (AvgIpc) is 2.18. The van der Waals surface area contributed by atoms with Crippen LogP contribution in [-0.4, -0.2) is 19.5 Å². The summed E-state index contributed by atoms with van der Waals surface area (Å²) in [5.41, 5.74) is 0. The van der Waals surface area contributed by atoms with E-state index in [1.165, 1.54) is 25.1 Å². The first-order valence-corrected chi connectivity index (χ1v) is 5.18. The van der Waals surface area contributed by atoms with Crippen molar-refractivity contribution in [2.24, 2.45) is 0 Å². The van der Waals surface area contributed by atoms with Crippen LogP contribution in [0.5, 0.6) is 0 Å². The molecule has 0 aliphatic carbocycles. The average molecular weight is 202 g/mol. The van der Waals surface area contributed by atoms with Crippen LogP contribution in [-0.2, 0) is 10.0 Å². The molecule has 13 heavy (non-hydrogen) atoms. The lowest BCUT2D eigenvalue weighted by atomic mass is 10.4. The Balaban J connectivity index is 3.09. The Morgan fingerprint density at radius 2 is 2.23 bits per heavy atom. The largest absolute Gasteiger partial charge is 0.269 e. The first-order chi connectivity index (χ1) is 6.09. The van der Waals surface area contributed by atoms with Crippen LogP contribution in [0.4, 0.5) is 4.48 Å². The summed E-state index contributed by atoms with van der Waals surface area (Å²) in [6.07, 6.45) is 0. The third-order valence-corrected chi connectivity index (χ3v) is 3.06. The lowest BCUT2D eigenvalue weighted by Crippen LogP contribution is -2.22. The summed E-state index contributed by atoms with van der Waals surface area (Å²) in [5, 5.41) is 0. The molecule has 0 aromatic heterocycles. The molecule has 1 rings (SSSR count). The Morgan fingerprint density at radius 3 is 2.69 bits per heavy atom. The van der Waals surface area contributed by atoms with Gasteiger partial charge >= 0.3 is 0 Å². The van der Waals surface area contributed by atoms with Crippen LogP contribution in [0.1, 0.15) is 6.92 Å². The van der Waals surface area contributed by atoms with Crippen LogP contribution in [0, 0.1) is 6.07 Å². The zero-order chi connectivity index (χ0) is 9.90. The van der Waals surface area contributed by atoms with Gasteiger partial charge in [-0.1, -0.05) is 18.2 Å². The van der Waals surface area contributed by atoms with Crippen LogP contribution in [0.25, 0.3) is 0 Å². The molecule has 1 aromatic carbocycles. The summed E-state index contributed by atoms with van der Waals surface area (Å²) in [6, 6.07) is 8.32. The molecule has 0 fully saturated rings. The van der Waals surface area contributed by atoms with E-state index in [4.69, 9.17) is 0 Å². The quantitative estimate of drug-likeness (QED) is 0.694. The third kappa shape index (κ3) is 2.05. The van der Waals surface area contributed by atoms with Crippen molar-refractivity contribution < 1.29 is 12.9 Å². The summed E-state index contributed by atoms with van der Waals surface area (Å²) in [6.45, 7) is 1.21. The molecule has 1 aromatic rings. The Hall–Kier alpha value is -0.940. The van der Waals surface area contributed by atoms with Crippen molar-refractivity contribution in [3.05, 3.63) is 30.3 Å². The van der Waals surface area contributed by atoms with Gasteiger partial charge in [-0.2, -0.15) is 0 Å².